The lowest BCUT2D eigenvalue weighted by atomic mass is 10.1. The molecular formula is C19H13NO2. The van der Waals surface area contributed by atoms with Gasteiger partial charge in [0.2, 0.25) is 5.43 Å². The van der Waals surface area contributed by atoms with Crippen LogP contribution in [0.5, 0.6) is 11.5 Å². The first-order valence-electron chi connectivity index (χ1n) is 7.09. The Morgan fingerprint density at radius 2 is 1.45 bits per heavy atom. The maximum Gasteiger partial charge on any atom is 0.200 e. The van der Waals surface area contributed by atoms with Gasteiger partial charge >= 0.3 is 0 Å². The van der Waals surface area contributed by atoms with Crippen molar-refractivity contribution < 1.29 is 4.74 Å². The lowest BCUT2D eigenvalue weighted by Gasteiger charge is -2.09. The molecule has 0 saturated carbocycles. The summed E-state index contributed by atoms with van der Waals surface area (Å²) in [6.07, 6.45) is 0. The van der Waals surface area contributed by atoms with Gasteiger partial charge in [-0.05, 0) is 36.4 Å². The molecule has 0 aliphatic heterocycles. The number of hydrogen-bond acceptors (Lipinski definition) is 2. The molecule has 1 heterocycles. The van der Waals surface area contributed by atoms with Crippen molar-refractivity contribution in [3.8, 4) is 11.5 Å². The first-order valence-corrected chi connectivity index (χ1v) is 7.09. The van der Waals surface area contributed by atoms with Crippen LogP contribution >= 0.6 is 0 Å². The Labute approximate surface area is 126 Å². The number of hydrogen-bond donors (Lipinski definition) is 1. The van der Waals surface area contributed by atoms with E-state index in [0.29, 0.717) is 22.3 Å². The average molecular weight is 287 g/mol. The molecule has 0 saturated heterocycles. The average Bonchev–Trinajstić information content (AvgIpc) is 2.56. The summed E-state index contributed by atoms with van der Waals surface area (Å²) in [6, 6.07) is 22.6. The molecule has 1 aromatic heterocycles. The van der Waals surface area contributed by atoms with Crippen molar-refractivity contribution in [3.05, 3.63) is 83.0 Å². The number of benzene rings is 3. The summed E-state index contributed by atoms with van der Waals surface area (Å²) in [5.41, 5.74) is 1.59. The molecule has 0 spiro atoms. The van der Waals surface area contributed by atoms with Crippen LogP contribution in [0.4, 0.5) is 0 Å². The van der Waals surface area contributed by atoms with E-state index in [9.17, 15) is 4.79 Å². The predicted octanol–water partition coefficient (Wildman–Crippen LogP) is 4.47. The number of pyridine rings is 1. The van der Waals surface area contributed by atoms with E-state index in [1.807, 2.05) is 72.8 Å². The smallest absolute Gasteiger partial charge is 0.200 e. The lowest BCUT2D eigenvalue weighted by molar-refractivity contribution is 0.488. The molecular weight excluding hydrogens is 274 g/mol. The van der Waals surface area contributed by atoms with Crippen LogP contribution in [0.3, 0.4) is 0 Å². The van der Waals surface area contributed by atoms with E-state index in [2.05, 4.69) is 4.98 Å². The van der Waals surface area contributed by atoms with Gasteiger partial charge in [-0.2, -0.15) is 0 Å². The number of H-pyrrole nitrogens is 1. The van der Waals surface area contributed by atoms with E-state index >= 15 is 0 Å². The highest BCUT2D eigenvalue weighted by atomic mass is 16.5. The van der Waals surface area contributed by atoms with Gasteiger partial charge in [0.05, 0.1) is 10.9 Å². The minimum atomic E-state index is -0.0177. The molecule has 3 nitrogen and oxygen atoms in total. The van der Waals surface area contributed by atoms with Gasteiger partial charge in [-0.25, -0.2) is 0 Å². The molecule has 0 bridgehead atoms. The van der Waals surface area contributed by atoms with Gasteiger partial charge in [0.15, 0.2) is 0 Å². The van der Waals surface area contributed by atoms with E-state index in [1.54, 1.807) is 0 Å². The maximum absolute atomic E-state index is 12.8. The highest BCUT2D eigenvalue weighted by Crippen LogP contribution is 2.28. The number of nitrogens with one attached hydrogen (secondary N) is 1. The number of aromatic amines is 1. The fraction of sp³-hybridized carbons (Fsp3) is 0. The second-order valence-corrected chi connectivity index (χ2v) is 5.09. The normalized spacial score (nSPS) is 10.9. The summed E-state index contributed by atoms with van der Waals surface area (Å²) in [5.74, 6) is 1.28. The monoisotopic (exact) mass is 287 g/mol. The largest absolute Gasteiger partial charge is 0.457 e. The molecule has 3 aromatic carbocycles. The van der Waals surface area contributed by atoms with Crippen LogP contribution in [-0.2, 0) is 0 Å². The zero-order valence-corrected chi connectivity index (χ0v) is 11.7. The molecule has 0 fully saturated rings. The summed E-state index contributed by atoms with van der Waals surface area (Å²) in [4.78, 5) is 16.1. The van der Waals surface area contributed by atoms with Crippen LogP contribution in [0.1, 0.15) is 0 Å². The van der Waals surface area contributed by atoms with Gasteiger partial charge < -0.3 is 9.72 Å². The van der Waals surface area contributed by atoms with Gasteiger partial charge in [-0.1, -0.05) is 36.4 Å². The minimum absolute atomic E-state index is 0.0177. The molecule has 4 aromatic rings. The van der Waals surface area contributed by atoms with Crippen molar-refractivity contribution >= 4 is 21.8 Å². The third-order valence-electron chi connectivity index (χ3n) is 3.67. The van der Waals surface area contributed by atoms with Crippen molar-refractivity contribution in [2.24, 2.45) is 0 Å². The minimum Gasteiger partial charge on any atom is -0.457 e. The van der Waals surface area contributed by atoms with E-state index in [0.717, 1.165) is 11.0 Å². The number of aromatic nitrogens is 1. The number of para-hydroxylation sites is 2. The molecule has 106 valence electrons. The summed E-state index contributed by atoms with van der Waals surface area (Å²) in [6.45, 7) is 0. The molecule has 0 aliphatic rings. The predicted molar refractivity (Wildman–Crippen MR) is 88.6 cm³/mol. The van der Waals surface area contributed by atoms with Crippen molar-refractivity contribution in [1.82, 2.24) is 4.98 Å². The molecule has 0 aliphatic carbocycles. The number of rotatable bonds is 2. The molecule has 0 amide bonds. The summed E-state index contributed by atoms with van der Waals surface area (Å²) in [5, 5.41) is 1.24. The van der Waals surface area contributed by atoms with Gasteiger partial charge in [0.25, 0.3) is 0 Å². The van der Waals surface area contributed by atoms with Crippen LogP contribution in [0, 0.1) is 0 Å². The van der Waals surface area contributed by atoms with E-state index in [4.69, 9.17) is 4.74 Å². The molecule has 3 heteroatoms. The van der Waals surface area contributed by atoms with Gasteiger partial charge in [-0.3, -0.25) is 4.79 Å². The lowest BCUT2D eigenvalue weighted by Crippen LogP contribution is -2.05. The molecule has 1 N–H and O–H groups in total. The Morgan fingerprint density at radius 1 is 0.727 bits per heavy atom. The Hall–Kier alpha value is -3.07. The SMILES string of the molecule is O=c1c2ccccc2[nH]c2cccc(Oc3ccccc3)c12. The molecule has 22 heavy (non-hydrogen) atoms. The van der Waals surface area contributed by atoms with Gasteiger partial charge in [-0.15, -0.1) is 0 Å². The highest BCUT2D eigenvalue weighted by molar-refractivity contribution is 5.95. The Bertz CT molecular complexity index is 1020. The van der Waals surface area contributed by atoms with Crippen molar-refractivity contribution in [2.45, 2.75) is 0 Å². The van der Waals surface area contributed by atoms with Crippen molar-refractivity contribution in [2.75, 3.05) is 0 Å². The molecule has 4 rings (SSSR count). The summed E-state index contributed by atoms with van der Waals surface area (Å²) in [7, 11) is 0. The van der Waals surface area contributed by atoms with Gasteiger partial charge in [0.1, 0.15) is 11.5 Å². The highest BCUT2D eigenvalue weighted by Gasteiger charge is 2.10. The van der Waals surface area contributed by atoms with Crippen LogP contribution < -0.4 is 10.2 Å². The zero-order valence-electron chi connectivity index (χ0n) is 11.7. The molecule has 0 atom stereocenters. The van der Waals surface area contributed by atoms with E-state index in [-0.39, 0.29) is 5.43 Å². The number of fused-ring (bicyclic) bond motifs is 2. The number of ether oxygens (including phenoxy) is 1. The topological polar surface area (TPSA) is 42.1 Å². The molecule has 0 radical (unpaired) electrons. The Morgan fingerprint density at radius 3 is 2.32 bits per heavy atom. The first-order chi connectivity index (χ1) is 10.8. The van der Waals surface area contributed by atoms with Gasteiger partial charge in [0, 0.05) is 10.9 Å². The van der Waals surface area contributed by atoms with E-state index in [1.165, 1.54) is 0 Å². The standard InChI is InChI=1S/C19H13NO2/c21-19-14-9-4-5-10-15(14)20-16-11-6-12-17(18(16)19)22-13-7-2-1-3-8-13/h1-12H,(H,20,21). The van der Waals surface area contributed by atoms with Crippen molar-refractivity contribution in [3.63, 3.8) is 0 Å². The van der Waals surface area contributed by atoms with Crippen molar-refractivity contribution in [1.29, 1.82) is 0 Å². The Balaban J connectivity index is 2.00. The van der Waals surface area contributed by atoms with Crippen LogP contribution in [-0.4, -0.2) is 4.98 Å². The summed E-state index contributed by atoms with van der Waals surface area (Å²) < 4.78 is 5.90. The molecule has 0 unspecified atom stereocenters. The summed E-state index contributed by atoms with van der Waals surface area (Å²) >= 11 is 0. The van der Waals surface area contributed by atoms with E-state index < -0.39 is 0 Å². The second-order valence-electron chi connectivity index (χ2n) is 5.09. The third-order valence-corrected chi connectivity index (χ3v) is 3.67. The van der Waals surface area contributed by atoms with Crippen LogP contribution in [0.25, 0.3) is 21.8 Å². The fourth-order valence-corrected chi connectivity index (χ4v) is 2.64. The maximum atomic E-state index is 12.8. The fourth-order valence-electron chi connectivity index (χ4n) is 2.64. The quantitative estimate of drug-likeness (QED) is 0.552. The second kappa shape index (κ2) is 5.04. The zero-order chi connectivity index (χ0) is 14.9. The Kier molecular flexibility index (Phi) is 2.90. The third kappa shape index (κ3) is 2.04. The first kappa shape index (κ1) is 12.7. The van der Waals surface area contributed by atoms with Crippen LogP contribution in [0.2, 0.25) is 0 Å². The van der Waals surface area contributed by atoms with Crippen LogP contribution in [0.15, 0.2) is 77.6 Å².